The molecule has 126 valence electrons. The second-order valence-electron chi connectivity index (χ2n) is 5.01. The first kappa shape index (κ1) is 17.8. The van der Waals surface area contributed by atoms with Crippen LogP contribution in [0.4, 0.5) is 5.69 Å². The number of rotatable bonds is 6. The number of aryl methyl sites for hydroxylation is 1. The number of benzene rings is 2. The minimum absolute atomic E-state index is 0.121. The number of ether oxygens (including phenoxy) is 2. The van der Waals surface area contributed by atoms with Gasteiger partial charge in [0.2, 0.25) is 0 Å². The molecule has 0 radical (unpaired) electrons. The minimum Gasteiger partial charge on any atom is -0.484 e. The third-order valence-electron chi connectivity index (χ3n) is 3.36. The molecule has 5 nitrogen and oxygen atoms in total. The highest BCUT2D eigenvalue weighted by Crippen LogP contribution is 2.22. The van der Waals surface area contributed by atoms with Gasteiger partial charge < -0.3 is 14.8 Å². The molecule has 0 saturated carbocycles. The van der Waals surface area contributed by atoms with Crippen LogP contribution in [0.3, 0.4) is 0 Å². The molecule has 0 atom stereocenters. The Hall–Kier alpha value is -2.53. The summed E-state index contributed by atoms with van der Waals surface area (Å²) in [7, 11) is 1.32. The first-order chi connectivity index (χ1) is 11.5. The summed E-state index contributed by atoms with van der Waals surface area (Å²) in [6.07, 6.45) is 0.786. The van der Waals surface area contributed by atoms with Crippen LogP contribution in [0, 0.1) is 0 Å². The van der Waals surface area contributed by atoms with Crippen molar-refractivity contribution in [2.45, 2.75) is 13.3 Å². The SMILES string of the molecule is CCc1cc(OCC(=O)Nc2ccc(C(=O)OC)cc2)ccc1Cl. The fourth-order valence-corrected chi connectivity index (χ4v) is 2.32. The Morgan fingerprint density at radius 3 is 2.46 bits per heavy atom. The summed E-state index contributed by atoms with van der Waals surface area (Å²) < 4.78 is 10.1. The topological polar surface area (TPSA) is 64.6 Å². The van der Waals surface area contributed by atoms with Crippen molar-refractivity contribution in [2.75, 3.05) is 19.0 Å². The molecule has 0 aromatic heterocycles. The van der Waals surface area contributed by atoms with Crippen molar-refractivity contribution in [1.29, 1.82) is 0 Å². The molecule has 0 aliphatic rings. The van der Waals surface area contributed by atoms with Crippen LogP contribution >= 0.6 is 11.6 Å². The highest BCUT2D eigenvalue weighted by molar-refractivity contribution is 6.31. The Bertz CT molecular complexity index is 728. The van der Waals surface area contributed by atoms with Crippen LogP contribution in [0.1, 0.15) is 22.8 Å². The lowest BCUT2D eigenvalue weighted by molar-refractivity contribution is -0.118. The summed E-state index contributed by atoms with van der Waals surface area (Å²) in [6, 6.07) is 11.7. The number of esters is 1. The van der Waals surface area contributed by atoms with E-state index in [1.165, 1.54) is 7.11 Å². The smallest absolute Gasteiger partial charge is 0.337 e. The normalized spacial score (nSPS) is 10.1. The van der Waals surface area contributed by atoms with E-state index < -0.39 is 5.97 Å². The second-order valence-corrected chi connectivity index (χ2v) is 5.42. The van der Waals surface area contributed by atoms with Gasteiger partial charge in [-0.15, -0.1) is 0 Å². The zero-order chi connectivity index (χ0) is 17.5. The van der Waals surface area contributed by atoms with Crippen LogP contribution in [-0.2, 0) is 16.0 Å². The average Bonchev–Trinajstić information content (AvgIpc) is 2.61. The Morgan fingerprint density at radius 1 is 1.12 bits per heavy atom. The summed E-state index contributed by atoms with van der Waals surface area (Å²) in [5.41, 5.74) is 1.95. The molecule has 6 heteroatoms. The number of carbonyl (C=O) groups excluding carboxylic acids is 2. The van der Waals surface area contributed by atoms with Crippen LogP contribution in [0.25, 0.3) is 0 Å². The van der Waals surface area contributed by atoms with E-state index in [0.717, 1.165) is 12.0 Å². The molecule has 0 unspecified atom stereocenters. The van der Waals surface area contributed by atoms with E-state index in [2.05, 4.69) is 10.1 Å². The average molecular weight is 348 g/mol. The highest BCUT2D eigenvalue weighted by Gasteiger charge is 2.08. The molecule has 0 bridgehead atoms. The van der Waals surface area contributed by atoms with E-state index >= 15 is 0 Å². The summed E-state index contributed by atoms with van der Waals surface area (Å²) in [4.78, 5) is 23.3. The maximum Gasteiger partial charge on any atom is 0.337 e. The molecule has 0 aliphatic heterocycles. The van der Waals surface area contributed by atoms with E-state index in [4.69, 9.17) is 16.3 Å². The van der Waals surface area contributed by atoms with E-state index in [1.54, 1.807) is 36.4 Å². The fraction of sp³-hybridized carbons (Fsp3) is 0.222. The van der Waals surface area contributed by atoms with Crippen molar-refractivity contribution >= 4 is 29.2 Å². The first-order valence-electron chi connectivity index (χ1n) is 7.43. The molecule has 1 amide bonds. The number of anilines is 1. The van der Waals surface area contributed by atoms with Gasteiger partial charge in [-0.25, -0.2) is 4.79 Å². The van der Waals surface area contributed by atoms with Crippen LogP contribution in [0.15, 0.2) is 42.5 Å². The van der Waals surface area contributed by atoms with Gasteiger partial charge in [0.25, 0.3) is 5.91 Å². The van der Waals surface area contributed by atoms with Crippen molar-refractivity contribution in [2.24, 2.45) is 0 Å². The van der Waals surface area contributed by atoms with Crippen LogP contribution in [-0.4, -0.2) is 25.6 Å². The van der Waals surface area contributed by atoms with Gasteiger partial charge in [0, 0.05) is 10.7 Å². The zero-order valence-corrected chi connectivity index (χ0v) is 14.2. The van der Waals surface area contributed by atoms with Crippen molar-refractivity contribution in [3.63, 3.8) is 0 Å². The standard InChI is InChI=1S/C18H18ClNO4/c1-3-12-10-15(8-9-16(12)19)24-11-17(21)20-14-6-4-13(5-7-14)18(22)23-2/h4-10H,3,11H2,1-2H3,(H,20,21). The molecule has 24 heavy (non-hydrogen) atoms. The van der Waals surface area contributed by atoms with Gasteiger partial charge in [-0.1, -0.05) is 18.5 Å². The van der Waals surface area contributed by atoms with Gasteiger partial charge >= 0.3 is 5.97 Å². The Kier molecular flexibility index (Phi) is 6.21. The predicted octanol–water partition coefficient (Wildman–Crippen LogP) is 3.71. The Morgan fingerprint density at radius 2 is 1.83 bits per heavy atom. The van der Waals surface area contributed by atoms with E-state index in [-0.39, 0.29) is 12.5 Å². The largest absolute Gasteiger partial charge is 0.484 e. The number of methoxy groups -OCH3 is 1. The fourth-order valence-electron chi connectivity index (χ4n) is 2.07. The minimum atomic E-state index is -0.425. The maximum absolute atomic E-state index is 11.9. The molecular formula is C18H18ClNO4. The third kappa shape index (κ3) is 4.73. The number of halogens is 1. The molecule has 2 aromatic rings. The number of amides is 1. The summed E-state index contributed by atoms with van der Waals surface area (Å²) in [5, 5.41) is 3.37. The van der Waals surface area contributed by atoms with Gasteiger partial charge in [-0.05, 0) is 54.4 Å². The first-order valence-corrected chi connectivity index (χ1v) is 7.80. The second kappa shape index (κ2) is 8.36. The molecule has 0 aliphatic carbocycles. The van der Waals surface area contributed by atoms with Gasteiger partial charge in [-0.2, -0.15) is 0 Å². The summed E-state index contributed by atoms with van der Waals surface area (Å²) in [6.45, 7) is 1.87. The molecule has 0 fully saturated rings. The number of carbonyl (C=O) groups is 2. The molecular weight excluding hydrogens is 330 g/mol. The molecule has 1 N–H and O–H groups in total. The van der Waals surface area contributed by atoms with E-state index in [9.17, 15) is 9.59 Å². The molecule has 0 spiro atoms. The summed E-state index contributed by atoms with van der Waals surface area (Å²) >= 11 is 6.04. The van der Waals surface area contributed by atoms with Gasteiger partial charge in [0.1, 0.15) is 5.75 Å². The van der Waals surface area contributed by atoms with Crippen molar-refractivity contribution in [3.05, 3.63) is 58.6 Å². The van der Waals surface area contributed by atoms with Crippen molar-refractivity contribution in [3.8, 4) is 5.75 Å². The van der Waals surface area contributed by atoms with Crippen LogP contribution in [0.5, 0.6) is 5.75 Å². The lowest BCUT2D eigenvalue weighted by Crippen LogP contribution is -2.20. The molecule has 2 rings (SSSR count). The lowest BCUT2D eigenvalue weighted by atomic mass is 10.1. The van der Waals surface area contributed by atoms with Gasteiger partial charge in [0.05, 0.1) is 12.7 Å². The maximum atomic E-state index is 11.9. The van der Waals surface area contributed by atoms with Crippen LogP contribution in [0.2, 0.25) is 5.02 Å². The van der Waals surface area contributed by atoms with Crippen molar-refractivity contribution < 1.29 is 19.1 Å². The van der Waals surface area contributed by atoms with Crippen molar-refractivity contribution in [1.82, 2.24) is 0 Å². The predicted molar refractivity (Wildman–Crippen MR) is 92.7 cm³/mol. The van der Waals surface area contributed by atoms with E-state index in [1.807, 2.05) is 13.0 Å². The number of hydrogen-bond acceptors (Lipinski definition) is 4. The lowest BCUT2D eigenvalue weighted by Gasteiger charge is -2.09. The highest BCUT2D eigenvalue weighted by atomic mass is 35.5. The molecule has 0 heterocycles. The Balaban J connectivity index is 1.90. The summed E-state index contributed by atoms with van der Waals surface area (Å²) in [5.74, 6) is -0.132. The number of hydrogen-bond donors (Lipinski definition) is 1. The molecule has 0 saturated heterocycles. The van der Waals surface area contributed by atoms with Gasteiger partial charge in [-0.3, -0.25) is 4.79 Å². The monoisotopic (exact) mass is 347 g/mol. The molecule has 2 aromatic carbocycles. The quantitative estimate of drug-likeness (QED) is 0.809. The third-order valence-corrected chi connectivity index (χ3v) is 3.73. The van der Waals surface area contributed by atoms with Gasteiger partial charge in [0.15, 0.2) is 6.61 Å². The van der Waals surface area contributed by atoms with Crippen LogP contribution < -0.4 is 10.1 Å². The number of nitrogens with one attached hydrogen (secondary N) is 1. The van der Waals surface area contributed by atoms with E-state index in [0.29, 0.717) is 22.0 Å². The Labute approximate surface area is 145 Å². The zero-order valence-electron chi connectivity index (χ0n) is 13.5.